The number of nitrogens with one attached hydrogen (secondary N) is 1. The summed E-state index contributed by atoms with van der Waals surface area (Å²) in [6.07, 6.45) is 4.33. The van der Waals surface area contributed by atoms with Gasteiger partial charge in [0.25, 0.3) is 0 Å². The van der Waals surface area contributed by atoms with Crippen LogP contribution in [0.5, 0.6) is 11.5 Å². The average Bonchev–Trinajstić information content (AvgIpc) is 2.45. The third-order valence-electron chi connectivity index (χ3n) is 3.05. The number of pyridine rings is 1. The van der Waals surface area contributed by atoms with Crippen LogP contribution < -0.4 is 10.1 Å². The predicted molar refractivity (Wildman–Crippen MR) is 90.2 cm³/mol. The van der Waals surface area contributed by atoms with Crippen LogP contribution in [0.15, 0.2) is 41.1 Å². The molecule has 0 radical (unpaired) electrons. The van der Waals surface area contributed by atoms with Crippen molar-refractivity contribution in [1.29, 1.82) is 0 Å². The van der Waals surface area contributed by atoms with E-state index in [2.05, 4.69) is 46.1 Å². The fourth-order valence-electron chi connectivity index (χ4n) is 1.98. The summed E-state index contributed by atoms with van der Waals surface area (Å²) >= 11 is 9.50. The van der Waals surface area contributed by atoms with Gasteiger partial charge in [0.2, 0.25) is 0 Å². The van der Waals surface area contributed by atoms with Crippen LogP contribution in [0, 0.1) is 0 Å². The molecular weight excluding hydrogens is 352 g/mol. The molecular formula is C16H18BrClN2O. The minimum atomic E-state index is 0.293. The fraction of sp³-hybridized carbons (Fsp3) is 0.312. The third-order valence-corrected chi connectivity index (χ3v) is 3.95. The van der Waals surface area contributed by atoms with Crippen molar-refractivity contribution in [2.45, 2.75) is 26.3 Å². The van der Waals surface area contributed by atoms with Crippen LogP contribution in [-0.4, -0.2) is 11.5 Å². The summed E-state index contributed by atoms with van der Waals surface area (Å²) in [5.41, 5.74) is 1.21. The molecule has 0 aliphatic rings. The smallest absolute Gasteiger partial charge is 0.147 e. The van der Waals surface area contributed by atoms with Gasteiger partial charge in [0, 0.05) is 22.8 Å². The highest BCUT2D eigenvalue weighted by atomic mass is 79.9. The van der Waals surface area contributed by atoms with Crippen molar-refractivity contribution in [3.63, 3.8) is 0 Å². The van der Waals surface area contributed by atoms with Gasteiger partial charge < -0.3 is 10.1 Å². The molecule has 1 unspecified atom stereocenters. The Bertz CT molecular complexity index is 607. The van der Waals surface area contributed by atoms with Gasteiger partial charge in [-0.2, -0.15) is 0 Å². The number of benzene rings is 1. The normalized spacial score (nSPS) is 12.2. The van der Waals surface area contributed by atoms with E-state index in [1.54, 1.807) is 18.5 Å². The summed E-state index contributed by atoms with van der Waals surface area (Å²) in [5, 5.41) is 4.02. The largest absolute Gasteiger partial charge is 0.456 e. The van der Waals surface area contributed by atoms with Crippen LogP contribution in [0.4, 0.5) is 0 Å². The van der Waals surface area contributed by atoms with Gasteiger partial charge in [0.1, 0.15) is 11.5 Å². The van der Waals surface area contributed by atoms with Crippen LogP contribution in [0.25, 0.3) is 0 Å². The maximum absolute atomic E-state index is 5.90. The molecule has 0 saturated heterocycles. The molecule has 0 aliphatic carbocycles. The summed E-state index contributed by atoms with van der Waals surface area (Å²) in [6.45, 7) is 5.31. The van der Waals surface area contributed by atoms with Crippen LogP contribution in [0.3, 0.4) is 0 Å². The summed E-state index contributed by atoms with van der Waals surface area (Å²) in [4.78, 5) is 4.00. The molecule has 21 heavy (non-hydrogen) atoms. The molecule has 1 N–H and O–H groups in total. The van der Waals surface area contributed by atoms with Crippen LogP contribution >= 0.6 is 27.5 Å². The Balaban J connectivity index is 2.11. The van der Waals surface area contributed by atoms with Gasteiger partial charge in [0.15, 0.2) is 0 Å². The van der Waals surface area contributed by atoms with E-state index in [0.717, 1.165) is 23.2 Å². The number of aromatic nitrogens is 1. The second-order valence-electron chi connectivity index (χ2n) is 4.80. The SMILES string of the molecule is CCCNC(C)c1ccc(Oc2cncc(Cl)c2)cc1Br. The summed E-state index contributed by atoms with van der Waals surface area (Å²) in [5.74, 6) is 1.37. The molecule has 1 heterocycles. The summed E-state index contributed by atoms with van der Waals surface area (Å²) in [7, 11) is 0. The molecule has 2 aromatic rings. The molecule has 2 rings (SSSR count). The second kappa shape index (κ2) is 7.78. The predicted octanol–water partition coefficient (Wildman–Crippen LogP) is 5.35. The summed E-state index contributed by atoms with van der Waals surface area (Å²) < 4.78 is 6.78. The van der Waals surface area contributed by atoms with Gasteiger partial charge in [-0.15, -0.1) is 0 Å². The quantitative estimate of drug-likeness (QED) is 0.745. The Kier molecular flexibility index (Phi) is 6.03. The zero-order valence-electron chi connectivity index (χ0n) is 12.1. The molecule has 0 fully saturated rings. The van der Waals surface area contributed by atoms with Gasteiger partial charge in [-0.3, -0.25) is 4.98 Å². The standard InChI is InChI=1S/C16H18BrClN2O/c1-3-6-20-11(2)15-5-4-13(8-16(15)17)21-14-7-12(18)9-19-10-14/h4-5,7-11,20H,3,6H2,1-2H3. The van der Waals surface area contributed by atoms with E-state index in [1.165, 1.54) is 5.56 Å². The van der Waals surface area contributed by atoms with Crippen molar-refractivity contribution in [2.24, 2.45) is 0 Å². The Labute approximate surface area is 138 Å². The van der Waals surface area contributed by atoms with Crippen molar-refractivity contribution in [3.8, 4) is 11.5 Å². The number of ether oxygens (including phenoxy) is 1. The molecule has 112 valence electrons. The van der Waals surface area contributed by atoms with Crippen LogP contribution in [0.1, 0.15) is 31.9 Å². The highest BCUT2D eigenvalue weighted by Gasteiger charge is 2.10. The first-order chi connectivity index (χ1) is 10.1. The van der Waals surface area contributed by atoms with Crippen LogP contribution in [0.2, 0.25) is 5.02 Å². The Morgan fingerprint density at radius 3 is 2.76 bits per heavy atom. The number of rotatable bonds is 6. The van der Waals surface area contributed by atoms with E-state index >= 15 is 0 Å². The Morgan fingerprint density at radius 1 is 1.29 bits per heavy atom. The number of nitrogens with zero attached hydrogens (tertiary/aromatic N) is 1. The molecule has 1 atom stereocenters. The van der Waals surface area contributed by atoms with Crippen LogP contribution in [-0.2, 0) is 0 Å². The van der Waals surface area contributed by atoms with E-state index in [-0.39, 0.29) is 0 Å². The number of hydrogen-bond acceptors (Lipinski definition) is 3. The minimum Gasteiger partial charge on any atom is -0.456 e. The van der Waals surface area contributed by atoms with Crippen molar-refractivity contribution in [3.05, 3.63) is 51.7 Å². The first kappa shape index (κ1) is 16.3. The highest BCUT2D eigenvalue weighted by molar-refractivity contribution is 9.10. The molecule has 0 aliphatic heterocycles. The molecule has 0 amide bonds. The first-order valence-corrected chi connectivity index (χ1v) is 8.08. The van der Waals surface area contributed by atoms with Crippen molar-refractivity contribution in [1.82, 2.24) is 10.3 Å². The molecule has 1 aromatic carbocycles. The maximum Gasteiger partial charge on any atom is 0.147 e. The number of hydrogen-bond donors (Lipinski definition) is 1. The van der Waals surface area contributed by atoms with E-state index in [1.807, 2.05) is 12.1 Å². The lowest BCUT2D eigenvalue weighted by Crippen LogP contribution is -2.19. The van der Waals surface area contributed by atoms with Crippen molar-refractivity contribution < 1.29 is 4.74 Å². The fourth-order valence-corrected chi connectivity index (χ4v) is 2.84. The van der Waals surface area contributed by atoms with E-state index in [9.17, 15) is 0 Å². The molecule has 0 bridgehead atoms. The van der Waals surface area contributed by atoms with Gasteiger partial charge >= 0.3 is 0 Å². The zero-order chi connectivity index (χ0) is 15.2. The lowest BCUT2D eigenvalue weighted by Gasteiger charge is -2.16. The van der Waals surface area contributed by atoms with Gasteiger partial charge in [-0.05, 0) is 37.6 Å². The minimum absolute atomic E-state index is 0.293. The molecule has 5 heteroatoms. The first-order valence-electron chi connectivity index (χ1n) is 6.91. The van der Waals surface area contributed by atoms with E-state index < -0.39 is 0 Å². The van der Waals surface area contributed by atoms with Gasteiger partial charge in [-0.25, -0.2) is 0 Å². The van der Waals surface area contributed by atoms with E-state index in [4.69, 9.17) is 16.3 Å². The monoisotopic (exact) mass is 368 g/mol. The lowest BCUT2D eigenvalue weighted by molar-refractivity contribution is 0.479. The number of halogens is 2. The lowest BCUT2D eigenvalue weighted by atomic mass is 10.1. The van der Waals surface area contributed by atoms with Crippen molar-refractivity contribution >= 4 is 27.5 Å². The second-order valence-corrected chi connectivity index (χ2v) is 6.09. The highest BCUT2D eigenvalue weighted by Crippen LogP contribution is 2.30. The topological polar surface area (TPSA) is 34.1 Å². The summed E-state index contributed by atoms with van der Waals surface area (Å²) in [6, 6.07) is 8.00. The van der Waals surface area contributed by atoms with Gasteiger partial charge in [-0.1, -0.05) is 40.5 Å². The van der Waals surface area contributed by atoms with Gasteiger partial charge in [0.05, 0.1) is 11.2 Å². The van der Waals surface area contributed by atoms with E-state index in [0.29, 0.717) is 16.8 Å². The molecule has 0 saturated carbocycles. The zero-order valence-corrected chi connectivity index (χ0v) is 14.4. The average molecular weight is 370 g/mol. The molecule has 1 aromatic heterocycles. The Morgan fingerprint density at radius 2 is 2.10 bits per heavy atom. The molecule has 0 spiro atoms. The Hall–Kier alpha value is -1.10. The van der Waals surface area contributed by atoms with Crippen molar-refractivity contribution in [2.75, 3.05) is 6.54 Å². The molecule has 3 nitrogen and oxygen atoms in total. The third kappa shape index (κ3) is 4.70. The maximum atomic E-state index is 5.90.